The summed E-state index contributed by atoms with van der Waals surface area (Å²) in [4.78, 5) is 22.4. The Kier molecular flexibility index (Phi) is 10.3. The molecule has 0 spiro atoms. The van der Waals surface area contributed by atoms with Crippen LogP contribution in [0.3, 0.4) is 0 Å². The first-order chi connectivity index (χ1) is 12.2. The Morgan fingerprint density at radius 1 is 1.42 bits per heavy atom. The van der Waals surface area contributed by atoms with Crippen LogP contribution in [0.25, 0.3) is 0 Å². The maximum Gasteiger partial charge on any atom is 0.220 e. The molecular formula is C18H30IN5O2. The van der Waals surface area contributed by atoms with Gasteiger partial charge in [-0.2, -0.15) is 0 Å². The van der Waals surface area contributed by atoms with Crippen LogP contribution in [0, 0.1) is 5.92 Å². The van der Waals surface area contributed by atoms with Gasteiger partial charge in [-0.15, -0.1) is 24.0 Å². The Morgan fingerprint density at radius 2 is 2.15 bits per heavy atom. The van der Waals surface area contributed by atoms with Crippen molar-refractivity contribution in [3.63, 3.8) is 0 Å². The second-order valence-electron chi connectivity index (χ2n) is 6.11. The van der Waals surface area contributed by atoms with Crippen LogP contribution >= 0.6 is 24.0 Å². The average molecular weight is 475 g/mol. The minimum Gasteiger partial charge on any atom is -0.478 e. The predicted molar refractivity (Wildman–Crippen MR) is 114 cm³/mol. The Bertz CT molecular complexity index is 589. The number of nitrogens with zero attached hydrogens (tertiary/aromatic N) is 3. The molecule has 26 heavy (non-hydrogen) atoms. The van der Waals surface area contributed by atoms with Gasteiger partial charge < -0.3 is 20.3 Å². The van der Waals surface area contributed by atoms with E-state index in [9.17, 15) is 4.79 Å². The van der Waals surface area contributed by atoms with E-state index in [0.717, 1.165) is 37.5 Å². The van der Waals surface area contributed by atoms with E-state index >= 15 is 0 Å². The average Bonchev–Trinajstić information content (AvgIpc) is 2.65. The Hall–Kier alpha value is -1.58. The first-order valence-electron chi connectivity index (χ1n) is 8.90. The topological polar surface area (TPSA) is 78.8 Å². The number of amides is 1. The molecule has 146 valence electrons. The smallest absolute Gasteiger partial charge is 0.220 e. The monoisotopic (exact) mass is 475 g/mol. The summed E-state index contributed by atoms with van der Waals surface area (Å²) in [6, 6.07) is 3.92. The molecule has 2 N–H and O–H groups in total. The molecule has 0 bridgehead atoms. The second-order valence-corrected chi connectivity index (χ2v) is 6.11. The largest absolute Gasteiger partial charge is 0.478 e. The van der Waals surface area contributed by atoms with Gasteiger partial charge >= 0.3 is 0 Å². The summed E-state index contributed by atoms with van der Waals surface area (Å²) < 4.78 is 5.57. The number of likely N-dealkylation sites (tertiary alicyclic amines) is 1. The number of hydrogen-bond donors (Lipinski definition) is 2. The highest BCUT2D eigenvalue weighted by molar-refractivity contribution is 14.0. The van der Waals surface area contributed by atoms with Crippen molar-refractivity contribution < 1.29 is 9.53 Å². The van der Waals surface area contributed by atoms with E-state index < -0.39 is 0 Å². The van der Waals surface area contributed by atoms with Gasteiger partial charge in [0, 0.05) is 51.9 Å². The third kappa shape index (κ3) is 6.62. The van der Waals surface area contributed by atoms with Gasteiger partial charge in [0.15, 0.2) is 5.96 Å². The van der Waals surface area contributed by atoms with Crippen molar-refractivity contribution in [2.45, 2.75) is 32.7 Å². The van der Waals surface area contributed by atoms with Crippen LogP contribution in [0.1, 0.15) is 31.7 Å². The molecule has 0 aliphatic carbocycles. The van der Waals surface area contributed by atoms with Crippen LogP contribution in [0.2, 0.25) is 0 Å². The number of carbonyl (C=O) groups is 1. The number of ether oxygens (including phenoxy) is 1. The number of guanidine groups is 1. The van der Waals surface area contributed by atoms with Gasteiger partial charge in [0.25, 0.3) is 0 Å². The fourth-order valence-electron chi connectivity index (χ4n) is 3.05. The summed E-state index contributed by atoms with van der Waals surface area (Å²) in [6.07, 6.45) is 4.36. The molecule has 0 radical (unpaired) electrons. The fraction of sp³-hybridized carbons (Fsp3) is 0.611. The molecule has 1 saturated heterocycles. The third-order valence-electron chi connectivity index (χ3n) is 4.45. The van der Waals surface area contributed by atoms with Gasteiger partial charge in [-0.1, -0.05) is 6.07 Å². The van der Waals surface area contributed by atoms with Gasteiger partial charge in [0.2, 0.25) is 11.8 Å². The number of pyridine rings is 1. The quantitative estimate of drug-likeness (QED) is 0.374. The van der Waals surface area contributed by atoms with Crippen molar-refractivity contribution in [3.8, 4) is 5.88 Å². The number of hydrogen-bond acceptors (Lipinski definition) is 4. The first kappa shape index (κ1) is 22.5. The summed E-state index contributed by atoms with van der Waals surface area (Å²) in [5.41, 5.74) is 1.01. The Morgan fingerprint density at radius 3 is 2.77 bits per heavy atom. The summed E-state index contributed by atoms with van der Waals surface area (Å²) in [7, 11) is 3.49. The number of aromatic nitrogens is 1. The normalized spacial score (nSPS) is 15.2. The third-order valence-corrected chi connectivity index (χ3v) is 4.45. The van der Waals surface area contributed by atoms with Crippen molar-refractivity contribution in [3.05, 3.63) is 23.9 Å². The SMILES string of the molecule is CCOc1ncccc1CNC(=NC)N1CCC(CC(=O)NC)CC1.I. The van der Waals surface area contributed by atoms with E-state index in [0.29, 0.717) is 31.4 Å². The van der Waals surface area contributed by atoms with E-state index in [1.54, 1.807) is 20.3 Å². The van der Waals surface area contributed by atoms with Gasteiger partial charge in [-0.25, -0.2) is 4.98 Å². The van der Waals surface area contributed by atoms with Crippen molar-refractivity contribution in [2.24, 2.45) is 10.9 Å². The molecule has 0 unspecified atom stereocenters. The van der Waals surface area contributed by atoms with Gasteiger partial charge in [0.05, 0.1) is 6.61 Å². The molecule has 1 fully saturated rings. The van der Waals surface area contributed by atoms with Crippen LogP contribution in [-0.4, -0.2) is 55.5 Å². The molecule has 8 heteroatoms. The lowest BCUT2D eigenvalue weighted by atomic mass is 9.93. The van der Waals surface area contributed by atoms with Crippen molar-refractivity contribution in [2.75, 3.05) is 33.8 Å². The lowest BCUT2D eigenvalue weighted by Gasteiger charge is -2.34. The number of halogens is 1. The molecule has 7 nitrogen and oxygen atoms in total. The van der Waals surface area contributed by atoms with E-state index in [2.05, 4.69) is 25.5 Å². The van der Waals surface area contributed by atoms with Crippen LogP contribution in [0.5, 0.6) is 5.88 Å². The van der Waals surface area contributed by atoms with Gasteiger partial charge in [0.1, 0.15) is 0 Å². The summed E-state index contributed by atoms with van der Waals surface area (Å²) in [5.74, 6) is 2.13. The van der Waals surface area contributed by atoms with E-state index in [1.807, 2.05) is 19.1 Å². The molecule has 0 atom stereocenters. The van der Waals surface area contributed by atoms with Crippen molar-refractivity contribution in [1.29, 1.82) is 0 Å². The van der Waals surface area contributed by atoms with Crippen LogP contribution in [0.4, 0.5) is 0 Å². The molecule has 1 amide bonds. The number of carbonyl (C=O) groups excluding carboxylic acids is 1. The minimum atomic E-state index is 0. The van der Waals surface area contributed by atoms with Crippen LogP contribution < -0.4 is 15.4 Å². The highest BCUT2D eigenvalue weighted by Crippen LogP contribution is 2.20. The number of nitrogens with one attached hydrogen (secondary N) is 2. The molecule has 0 saturated carbocycles. The molecular weight excluding hydrogens is 445 g/mol. The number of rotatable bonds is 6. The lowest BCUT2D eigenvalue weighted by molar-refractivity contribution is -0.121. The zero-order valence-corrected chi connectivity index (χ0v) is 18.2. The van der Waals surface area contributed by atoms with Crippen molar-refractivity contribution in [1.82, 2.24) is 20.5 Å². The molecule has 1 aliphatic rings. The van der Waals surface area contributed by atoms with E-state index in [4.69, 9.17) is 4.74 Å². The second kappa shape index (κ2) is 11.9. The number of piperidine rings is 1. The molecule has 1 aromatic heterocycles. The van der Waals surface area contributed by atoms with Crippen molar-refractivity contribution >= 4 is 35.8 Å². The maximum absolute atomic E-state index is 11.5. The molecule has 1 aromatic rings. The first-order valence-corrected chi connectivity index (χ1v) is 8.90. The minimum absolute atomic E-state index is 0. The Balaban J connectivity index is 0.00000338. The summed E-state index contributed by atoms with van der Waals surface area (Å²) >= 11 is 0. The molecule has 2 heterocycles. The zero-order valence-electron chi connectivity index (χ0n) is 15.8. The molecule has 0 aromatic carbocycles. The lowest BCUT2D eigenvalue weighted by Crippen LogP contribution is -2.45. The molecule has 1 aliphatic heterocycles. The predicted octanol–water partition coefficient (Wildman–Crippen LogP) is 2.02. The fourth-order valence-corrected chi connectivity index (χ4v) is 3.05. The Labute approximate surface area is 173 Å². The standard InChI is InChI=1S/C18H29N5O2.HI/c1-4-25-17-15(6-5-9-21-17)13-22-18(20-3)23-10-7-14(8-11-23)12-16(24)19-2;/h5-6,9,14H,4,7-8,10-13H2,1-3H3,(H,19,24)(H,20,22);1H. The zero-order chi connectivity index (χ0) is 18.1. The van der Waals surface area contributed by atoms with Crippen LogP contribution in [0.15, 0.2) is 23.3 Å². The van der Waals surface area contributed by atoms with Gasteiger partial charge in [-0.3, -0.25) is 9.79 Å². The van der Waals surface area contributed by atoms with E-state index in [-0.39, 0.29) is 29.9 Å². The van der Waals surface area contributed by atoms with Crippen LogP contribution in [-0.2, 0) is 11.3 Å². The maximum atomic E-state index is 11.5. The highest BCUT2D eigenvalue weighted by Gasteiger charge is 2.23. The molecule has 2 rings (SSSR count). The van der Waals surface area contributed by atoms with Gasteiger partial charge in [-0.05, 0) is 31.7 Å². The highest BCUT2D eigenvalue weighted by atomic mass is 127. The van der Waals surface area contributed by atoms with E-state index in [1.165, 1.54) is 0 Å². The number of aliphatic imine (C=N–C) groups is 1. The summed E-state index contributed by atoms with van der Waals surface area (Å²) in [6.45, 7) is 4.98. The summed E-state index contributed by atoms with van der Waals surface area (Å²) in [5, 5.41) is 6.10.